The molecule has 0 rings (SSSR count). The molecular weight excluding hydrogens is 348 g/mol. The van der Waals surface area contributed by atoms with Gasteiger partial charge in [-0.1, -0.05) is 0 Å². The molecule has 0 N–H and O–H groups in total. The Balaban J connectivity index is 0. The average Bonchev–Trinajstić information content (AvgIpc) is 0. The van der Waals surface area contributed by atoms with Gasteiger partial charge < -0.3 is 38.3 Å². The average molecular weight is 348 g/mol. The zero-order valence-corrected chi connectivity index (χ0v) is 12.2. The topological polar surface area (TPSA) is 200 Å². The minimum atomic E-state index is 0. The van der Waals surface area contributed by atoms with Crippen molar-refractivity contribution in [1.29, 1.82) is 0 Å². The summed E-state index contributed by atoms with van der Waals surface area (Å²) in [5, 5.41) is 0. The van der Waals surface area contributed by atoms with Gasteiger partial charge in [0.2, 0.25) is 0 Å². The second kappa shape index (κ2) is 257. The van der Waals surface area contributed by atoms with Gasteiger partial charge in [0.15, 0.2) is 0 Å². The normalized spacial score (nSPS) is 0. The van der Waals surface area contributed by atoms with E-state index in [0.29, 0.717) is 0 Å². The number of hydrogen-bond acceptors (Lipinski definition) is 0. The van der Waals surface area contributed by atoms with Crippen molar-refractivity contribution in [3.05, 3.63) is 0 Å². The van der Waals surface area contributed by atoms with E-state index in [4.69, 9.17) is 0 Å². The van der Waals surface area contributed by atoms with Crippen molar-refractivity contribution in [2.75, 3.05) is 0 Å². The standard InChI is InChI=1S/2Al.7O.2Zr/q2*+3;7*-2;2*+4. The van der Waals surface area contributed by atoms with Crippen LogP contribution in [-0.4, -0.2) is 34.7 Å². The molecule has 11 heteroatoms. The molecule has 0 aromatic rings. The monoisotopic (exact) mass is 346 g/mol. The van der Waals surface area contributed by atoms with Crippen LogP contribution in [0.25, 0.3) is 0 Å². The summed E-state index contributed by atoms with van der Waals surface area (Å²) in [6.45, 7) is 0. The molecule has 0 radical (unpaired) electrons. The fourth-order valence-corrected chi connectivity index (χ4v) is 0. The van der Waals surface area contributed by atoms with Gasteiger partial charge in [-0.05, 0) is 0 Å². The molecule has 11 heavy (non-hydrogen) atoms. The van der Waals surface area contributed by atoms with Crippen LogP contribution in [0.4, 0.5) is 0 Å². The van der Waals surface area contributed by atoms with Crippen molar-refractivity contribution >= 4 is 34.7 Å². The Bertz CT molecular complexity index is 14.4. The summed E-state index contributed by atoms with van der Waals surface area (Å²) in [5.41, 5.74) is 0. The Morgan fingerprint density at radius 1 is 0.273 bits per heavy atom. The van der Waals surface area contributed by atoms with E-state index in [1.165, 1.54) is 0 Å². The maximum Gasteiger partial charge on any atom is 4.00 e. The second-order valence-electron chi connectivity index (χ2n) is 0. The molecule has 0 unspecified atom stereocenters. The van der Waals surface area contributed by atoms with Gasteiger partial charge in [0, 0.05) is 0 Å². The largest absolute Gasteiger partial charge is 4.00 e. The predicted molar refractivity (Wildman–Crippen MR) is 16.3 cm³/mol. The Hall–Kier alpha value is 2.55. The van der Waals surface area contributed by atoms with Crippen LogP contribution in [0.5, 0.6) is 0 Å². The van der Waals surface area contributed by atoms with E-state index in [0.717, 1.165) is 0 Å². The zero-order chi connectivity index (χ0) is 0. The molecular formula is Al2O7Zr2. The molecule has 56 valence electrons. The summed E-state index contributed by atoms with van der Waals surface area (Å²) in [4.78, 5) is 0. The molecule has 0 atom stereocenters. The summed E-state index contributed by atoms with van der Waals surface area (Å²) in [7, 11) is 0. The van der Waals surface area contributed by atoms with Crippen molar-refractivity contribution in [3.8, 4) is 0 Å². The van der Waals surface area contributed by atoms with E-state index in [9.17, 15) is 0 Å². The van der Waals surface area contributed by atoms with Gasteiger partial charge in [0.05, 0.1) is 0 Å². The van der Waals surface area contributed by atoms with Crippen molar-refractivity contribution in [1.82, 2.24) is 0 Å². The maximum atomic E-state index is 0. The molecule has 0 saturated carbocycles. The molecule has 0 aromatic heterocycles. The van der Waals surface area contributed by atoms with Gasteiger partial charge in [-0.15, -0.1) is 0 Å². The third-order valence-electron chi connectivity index (χ3n) is 0. The van der Waals surface area contributed by atoms with Crippen LogP contribution in [0.2, 0.25) is 0 Å². The third kappa shape index (κ3) is 215. The molecule has 0 amide bonds. The SMILES string of the molecule is [Al+3].[Al+3].[O-2].[O-2].[O-2].[O-2].[O-2].[O-2].[O-2].[Zr+4].[Zr+4]. The molecule has 0 saturated heterocycles. The van der Waals surface area contributed by atoms with Crippen molar-refractivity contribution in [3.63, 3.8) is 0 Å². The van der Waals surface area contributed by atoms with Crippen molar-refractivity contribution in [2.45, 2.75) is 0 Å². The number of hydrogen-bond donors (Lipinski definition) is 0. The molecule has 0 heterocycles. The van der Waals surface area contributed by atoms with Crippen LogP contribution in [0.1, 0.15) is 0 Å². The first-order valence-corrected chi connectivity index (χ1v) is 0. The quantitative estimate of drug-likeness (QED) is 0.454. The summed E-state index contributed by atoms with van der Waals surface area (Å²) in [6.07, 6.45) is 0. The van der Waals surface area contributed by atoms with E-state index < -0.39 is 0 Å². The van der Waals surface area contributed by atoms with Crippen molar-refractivity contribution < 1.29 is 90.7 Å². The molecule has 7 nitrogen and oxygen atoms in total. The Morgan fingerprint density at radius 2 is 0.273 bits per heavy atom. The summed E-state index contributed by atoms with van der Waals surface area (Å²) < 4.78 is 0. The molecule has 0 spiro atoms. The van der Waals surface area contributed by atoms with Crippen LogP contribution < -0.4 is 0 Å². The molecule has 0 bridgehead atoms. The Morgan fingerprint density at radius 3 is 0.273 bits per heavy atom. The van der Waals surface area contributed by atoms with Gasteiger partial charge in [-0.25, -0.2) is 0 Å². The maximum absolute atomic E-state index is 0. The third-order valence-corrected chi connectivity index (χ3v) is 0. The predicted octanol–water partition coefficient (Wildman–Crippen LogP) is -1.60. The number of rotatable bonds is 0. The molecule has 0 aliphatic rings. The van der Waals surface area contributed by atoms with E-state index in [2.05, 4.69) is 0 Å². The van der Waals surface area contributed by atoms with Crippen LogP contribution in [0.15, 0.2) is 0 Å². The Labute approximate surface area is 124 Å². The van der Waals surface area contributed by atoms with Crippen LogP contribution in [0.3, 0.4) is 0 Å². The van der Waals surface area contributed by atoms with Crippen LogP contribution in [-0.2, 0) is 90.7 Å². The smallest absolute Gasteiger partial charge is 2.00 e. The van der Waals surface area contributed by atoms with Crippen LogP contribution in [0, 0.1) is 0 Å². The van der Waals surface area contributed by atoms with E-state index in [-0.39, 0.29) is 125 Å². The minimum Gasteiger partial charge on any atom is -2.00 e. The zero-order valence-electron chi connectivity index (χ0n) is 5.01. The van der Waals surface area contributed by atoms with E-state index in [1.54, 1.807) is 0 Å². The van der Waals surface area contributed by atoms with Gasteiger partial charge >= 0.3 is 87.1 Å². The molecule has 0 aromatic carbocycles. The molecule has 0 fully saturated rings. The molecule has 0 aliphatic carbocycles. The van der Waals surface area contributed by atoms with Gasteiger partial charge in [-0.2, -0.15) is 0 Å². The minimum absolute atomic E-state index is 0. The first-order valence-electron chi connectivity index (χ1n) is 0. The van der Waals surface area contributed by atoms with Crippen LogP contribution >= 0.6 is 0 Å². The van der Waals surface area contributed by atoms with E-state index >= 15 is 0 Å². The fraction of sp³-hybridized carbons (Fsp3) is 0. The van der Waals surface area contributed by atoms with Gasteiger partial charge in [-0.3, -0.25) is 0 Å². The first-order chi connectivity index (χ1) is 0. The first kappa shape index (κ1) is 328. The van der Waals surface area contributed by atoms with E-state index in [1.807, 2.05) is 0 Å². The van der Waals surface area contributed by atoms with Crippen molar-refractivity contribution in [2.24, 2.45) is 0 Å². The van der Waals surface area contributed by atoms with Gasteiger partial charge in [0.1, 0.15) is 0 Å². The second-order valence-corrected chi connectivity index (χ2v) is 0. The summed E-state index contributed by atoms with van der Waals surface area (Å²) in [5.74, 6) is 0. The molecule has 0 aliphatic heterocycles. The summed E-state index contributed by atoms with van der Waals surface area (Å²) >= 11 is 0. The Kier molecular flexibility index (Phi) is 7670. The fourth-order valence-electron chi connectivity index (χ4n) is 0. The summed E-state index contributed by atoms with van der Waals surface area (Å²) in [6, 6.07) is 0. The van der Waals surface area contributed by atoms with Gasteiger partial charge in [0.25, 0.3) is 0 Å².